The lowest BCUT2D eigenvalue weighted by Crippen LogP contribution is -2.47. The van der Waals surface area contributed by atoms with Crippen LogP contribution in [0, 0.1) is 6.92 Å². The molecule has 1 aromatic rings. The van der Waals surface area contributed by atoms with Crippen LogP contribution in [0.5, 0.6) is 0 Å². The van der Waals surface area contributed by atoms with E-state index in [9.17, 15) is 5.11 Å². The Bertz CT molecular complexity index is 464. The molecular formula is C13H15ClO4. The summed E-state index contributed by atoms with van der Waals surface area (Å²) in [6.07, 6.45) is -0.415. The zero-order chi connectivity index (χ0) is 12.8. The van der Waals surface area contributed by atoms with Gasteiger partial charge in [0, 0.05) is 10.6 Å². The van der Waals surface area contributed by atoms with Gasteiger partial charge in [0.25, 0.3) is 0 Å². The van der Waals surface area contributed by atoms with Crippen LogP contribution in [0.4, 0.5) is 0 Å². The average molecular weight is 271 g/mol. The summed E-state index contributed by atoms with van der Waals surface area (Å²) >= 11 is 6.08. The Morgan fingerprint density at radius 3 is 2.50 bits per heavy atom. The number of aliphatic hydroxyl groups is 1. The van der Waals surface area contributed by atoms with E-state index in [1.54, 1.807) is 6.07 Å². The highest BCUT2D eigenvalue weighted by Crippen LogP contribution is 2.40. The van der Waals surface area contributed by atoms with Crippen LogP contribution in [0.25, 0.3) is 0 Å². The smallest absolute Gasteiger partial charge is 0.184 e. The maximum atomic E-state index is 10.5. The number of halogens is 1. The van der Waals surface area contributed by atoms with E-state index >= 15 is 0 Å². The summed E-state index contributed by atoms with van der Waals surface area (Å²) in [7, 11) is 0. The number of hydrogen-bond donors (Lipinski definition) is 1. The van der Waals surface area contributed by atoms with Crippen LogP contribution >= 0.6 is 11.6 Å². The van der Waals surface area contributed by atoms with E-state index in [0.717, 1.165) is 16.7 Å². The van der Waals surface area contributed by atoms with Crippen molar-refractivity contribution in [1.82, 2.24) is 0 Å². The lowest BCUT2D eigenvalue weighted by molar-refractivity contribution is -0.186. The Labute approximate surface area is 110 Å². The van der Waals surface area contributed by atoms with Crippen molar-refractivity contribution in [2.75, 3.05) is 26.4 Å². The van der Waals surface area contributed by atoms with Gasteiger partial charge in [-0.3, -0.25) is 0 Å². The maximum Gasteiger partial charge on any atom is 0.184 e. The van der Waals surface area contributed by atoms with E-state index in [1.165, 1.54) is 0 Å². The first-order valence-corrected chi connectivity index (χ1v) is 6.32. The number of hydrogen-bond acceptors (Lipinski definition) is 4. The van der Waals surface area contributed by atoms with E-state index < -0.39 is 11.9 Å². The molecule has 1 aromatic carbocycles. The van der Waals surface area contributed by atoms with Gasteiger partial charge in [0.1, 0.15) is 5.60 Å². The fourth-order valence-electron chi connectivity index (χ4n) is 2.43. The Balaban J connectivity index is 2.09. The topological polar surface area (TPSA) is 47.9 Å². The molecule has 0 radical (unpaired) electrons. The highest BCUT2D eigenvalue weighted by atomic mass is 35.5. The molecule has 0 saturated carbocycles. The normalized spacial score (nSPS) is 23.1. The Hall–Kier alpha value is -0.650. The van der Waals surface area contributed by atoms with Gasteiger partial charge in [0.05, 0.1) is 26.4 Å². The van der Waals surface area contributed by atoms with Crippen molar-refractivity contribution >= 4 is 11.6 Å². The molecule has 3 rings (SSSR count). The molecule has 4 nitrogen and oxygen atoms in total. The zero-order valence-corrected chi connectivity index (χ0v) is 10.9. The van der Waals surface area contributed by atoms with Gasteiger partial charge in [0.2, 0.25) is 0 Å². The van der Waals surface area contributed by atoms with E-state index in [0.29, 0.717) is 18.2 Å². The molecule has 2 aliphatic rings. The van der Waals surface area contributed by atoms with Crippen molar-refractivity contribution in [2.24, 2.45) is 0 Å². The first kappa shape index (κ1) is 12.4. The summed E-state index contributed by atoms with van der Waals surface area (Å²) in [5, 5.41) is 11.1. The van der Waals surface area contributed by atoms with E-state index in [2.05, 4.69) is 0 Å². The van der Waals surface area contributed by atoms with Crippen LogP contribution < -0.4 is 0 Å². The summed E-state index contributed by atoms with van der Waals surface area (Å²) < 4.78 is 16.2. The molecule has 18 heavy (non-hydrogen) atoms. The summed E-state index contributed by atoms with van der Waals surface area (Å²) in [5.74, 6) is 0. The molecule has 0 aromatic heterocycles. The first-order chi connectivity index (χ1) is 8.60. The quantitative estimate of drug-likeness (QED) is 0.892. The van der Waals surface area contributed by atoms with Gasteiger partial charge in [-0.1, -0.05) is 11.6 Å². The zero-order valence-electron chi connectivity index (χ0n) is 10.1. The van der Waals surface area contributed by atoms with Crippen LogP contribution in [0.15, 0.2) is 12.1 Å². The molecule has 0 aliphatic carbocycles. The van der Waals surface area contributed by atoms with Crippen LogP contribution in [0.3, 0.4) is 0 Å². The molecule has 2 aliphatic heterocycles. The lowest BCUT2D eigenvalue weighted by atomic mass is 9.86. The van der Waals surface area contributed by atoms with E-state index in [4.69, 9.17) is 25.8 Å². The second-order valence-corrected chi connectivity index (χ2v) is 5.22. The van der Waals surface area contributed by atoms with E-state index in [-0.39, 0.29) is 13.2 Å². The fourth-order valence-corrected chi connectivity index (χ4v) is 2.70. The van der Waals surface area contributed by atoms with Gasteiger partial charge in [0.15, 0.2) is 6.29 Å². The number of rotatable bonds is 2. The van der Waals surface area contributed by atoms with Crippen LogP contribution in [0.1, 0.15) is 23.0 Å². The Morgan fingerprint density at radius 1 is 1.28 bits per heavy atom. The summed E-state index contributed by atoms with van der Waals surface area (Å²) in [5.41, 5.74) is 1.62. The number of benzene rings is 1. The molecule has 98 valence electrons. The molecule has 0 bridgehead atoms. The predicted octanol–water partition coefficient (Wildman–Crippen LogP) is 1.91. The monoisotopic (exact) mass is 270 g/mol. The average Bonchev–Trinajstić information content (AvgIpc) is 2.78. The van der Waals surface area contributed by atoms with Gasteiger partial charge in [-0.15, -0.1) is 0 Å². The van der Waals surface area contributed by atoms with Crippen molar-refractivity contribution < 1.29 is 19.3 Å². The van der Waals surface area contributed by atoms with Crippen molar-refractivity contribution in [3.8, 4) is 0 Å². The van der Waals surface area contributed by atoms with Gasteiger partial charge < -0.3 is 19.3 Å². The van der Waals surface area contributed by atoms with Gasteiger partial charge >= 0.3 is 0 Å². The third-order valence-corrected chi connectivity index (χ3v) is 3.61. The fraction of sp³-hybridized carbons (Fsp3) is 0.538. The van der Waals surface area contributed by atoms with Crippen molar-refractivity contribution in [1.29, 1.82) is 0 Å². The maximum absolute atomic E-state index is 10.5. The molecule has 0 amide bonds. The molecule has 0 unspecified atom stereocenters. The minimum atomic E-state index is -0.972. The highest BCUT2D eigenvalue weighted by molar-refractivity contribution is 6.30. The van der Waals surface area contributed by atoms with Crippen molar-refractivity contribution in [2.45, 2.75) is 18.8 Å². The highest BCUT2D eigenvalue weighted by Gasteiger charge is 2.42. The molecule has 2 saturated heterocycles. The summed E-state index contributed by atoms with van der Waals surface area (Å²) in [6.45, 7) is 3.65. The van der Waals surface area contributed by atoms with E-state index in [1.807, 2.05) is 13.0 Å². The van der Waals surface area contributed by atoms with Gasteiger partial charge in [-0.2, -0.15) is 0 Å². The SMILES string of the molecule is Cc1cc(Cl)cc(C2(O)COC2)c1C1OCCO1. The van der Waals surface area contributed by atoms with Crippen molar-refractivity contribution in [3.63, 3.8) is 0 Å². The minimum Gasteiger partial charge on any atom is -0.380 e. The second-order valence-electron chi connectivity index (χ2n) is 4.78. The van der Waals surface area contributed by atoms with Crippen LogP contribution in [-0.2, 0) is 19.8 Å². The number of ether oxygens (including phenoxy) is 3. The molecule has 2 heterocycles. The lowest BCUT2D eigenvalue weighted by Gasteiger charge is -2.39. The first-order valence-electron chi connectivity index (χ1n) is 5.94. The van der Waals surface area contributed by atoms with Crippen LogP contribution in [0.2, 0.25) is 5.02 Å². The third kappa shape index (κ3) is 1.94. The molecule has 0 spiro atoms. The largest absolute Gasteiger partial charge is 0.380 e. The minimum absolute atomic E-state index is 0.284. The molecule has 2 fully saturated rings. The molecule has 5 heteroatoms. The molecular weight excluding hydrogens is 256 g/mol. The molecule has 1 N–H and O–H groups in total. The van der Waals surface area contributed by atoms with Crippen LogP contribution in [-0.4, -0.2) is 31.5 Å². The molecule has 0 atom stereocenters. The Kier molecular flexibility index (Phi) is 3.08. The standard InChI is InChI=1S/C13H15ClO4/c1-8-4-9(14)5-10(13(15)6-16-7-13)11(8)12-17-2-3-18-12/h4-5,12,15H,2-3,6-7H2,1H3. The summed E-state index contributed by atoms with van der Waals surface area (Å²) in [6, 6.07) is 3.63. The number of aryl methyl sites for hydroxylation is 1. The summed E-state index contributed by atoms with van der Waals surface area (Å²) in [4.78, 5) is 0. The Morgan fingerprint density at radius 2 is 1.94 bits per heavy atom. The third-order valence-electron chi connectivity index (χ3n) is 3.39. The van der Waals surface area contributed by atoms with Gasteiger partial charge in [-0.05, 0) is 30.2 Å². The predicted molar refractivity (Wildman–Crippen MR) is 65.5 cm³/mol. The second kappa shape index (κ2) is 4.47. The van der Waals surface area contributed by atoms with Crippen molar-refractivity contribution in [3.05, 3.63) is 33.8 Å². The van der Waals surface area contributed by atoms with Gasteiger partial charge in [-0.25, -0.2) is 0 Å².